The Morgan fingerprint density at radius 1 is 1.53 bits per heavy atom. The zero-order valence-electron chi connectivity index (χ0n) is 10.7. The van der Waals surface area contributed by atoms with E-state index in [1.165, 1.54) is 0 Å². The lowest BCUT2D eigenvalue weighted by Crippen LogP contribution is -2.09. The van der Waals surface area contributed by atoms with Crippen LogP contribution in [0.25, 0.3) is 0 Å². The zero-order valence-corrected chi connectivity index (χ0v) is 12.3. The third-order valence-corrected chi connectivity index (χ3v) is 3.48. The van der Waals surface area contributed by atoms with Gasteiger partial charge in [0.15, 0.2) is 0 Å². The summed E-state index contributed by atoms with van der Waals surface area (Å²) in [5, 5.41) is 4.82. The third-order valence-electron chi connectivity index (χ3n) is 2.77. The molecular weight excluding hydrogens is 282 g/mol. The number of thiocarbonyl (C=S) groups is 1. The normalized spacial score (nSPS) is 10.5. The molecule has 19 heavy (non-hydrogen) atoms. The van der Waals surface area contributed by atoms with Gasteiger partial charge in [-0.25, -0.2) is 0 Å². The molecule has 1 heterocycles. The van der Waals surface area contributed by atoms with Crippen molar-refractivity contribution in [3.05, 3.63) is 46.2 Å². The van der Waals surface area contributed by atoms with Gasteiger partial charge >= 0.3 is 0 Å². The van der Waals surface area contributed by atoms with Crippen LogP contribution in [0.4, 0.5) is 0 Å². The summed E-state index contributed by atoms with van der Waals surface area (Å²) in [6.45, 7) is 2.26. The first-order chi connectivity index (χ1) is 8.99. The molecule has 2 rings (SSSR count). The average molecular weight is 296 g/mol. The largest absolute Gasteiger partial charge is 0.489 e. The number of halogens is 1. The van der Waals surface area contributed by atoms with E-state index in [0.29, 0.717) is 22.5 Å². The van der Waals surface area contributed by atoms with Gasteiger partial charge in [0.1, 0.15) is 22.5 Å². The summed E-state index contributed by atoms with van der Waals surface area (Å²) in [6.07, 6.45) is 0. The van der Waals surface area contributed by atoms with Crippen molar-refractivity contribution >= 4 is 28.8 Å². The second kappa shape index (κ2) is 5.59. The molecular formula is C13H14ClN3OS. The summed E-state index contributed by atoms with van der Waals surface area (Å²) >= 11 is 11.1. The van der Waals surface area contributed by atoms with E-state index in [9.17, 15) is 0 Å². The Kier molecular flexibility index (Phi) is 4.07. The van der Waals surface area contributed by atoms with Gasteiger partial charge in [0.05, 0.1) is 5.69 Å². The summed E-state index contributed by atoms with van der Waals surface area (Å²) in [5.74, 6) is 0.699. The van der Waals surface area contributed by atoms with Crippen molar-refractivity contribution in [2.45, 2.75) is 13.5 Å². The van der Waals surface area contributed by atoms with Gasteiger partial charge in [-0.15, -0.1) is 0 Å². The van der Waals surface area contributed by atoms with E-state index in [0.717, 1.165) is 16.8 Å². The van der Waals surface area contributed by atoms with Crippen molar-refractivity contribution in [1.82, 2.24) is 9.78 Å². The predicted molar refractivity (Wildman–Crippen MR) is 79.6 cm³/mol. The van der Waals surface area contributed by atoms with Crippen LogP contribution in [-0.2, 0) is 13.7 Å². The van der Waals surface area contributed by atoms with Crippen LogP contribution in [0.15, 0.2) is 24.3 Å². The van der Waals surface area contributed by atoms with Gasteiger partial charge in [0.25, 0.3) is 0 Å². The molecule has 1 aromatic carbocycles. The molecule has 0 aliphatic rings. The summed E-state index contributed by atoms with van der Waals surface area (Å²) in [7, 11) is 1.80. The molecule has 0 radical (unpaired) electrons. The minimum atomic E-state index is 0.348. The lowest BCUT2D eigenvalue weighted by Gasteiger charge is -2.07. The molecule has 0 aliphatic carbocycles. The number of nitrogens with zero attached hydrogens (tertiary/aromatic N) is 2. The quantitative estimate of drug-likeness (QED) is 0.881. The fourth-order valence-electron chi connectivity index (χ4n) is 1.73. The maximum absolute atomic E-state index is 6.14. The first-order valence-corrected chi connectivity index (χ1v) is 6.48. The standard InChI is InChI=1S/C13H14ClN3OS/c1-8-11(12(14)17(2)16-8)7-18-10-5-3-4-9(6-10)13(15)19/h3-6H,7H2,1-2H3,(H2,15,19). The molecule has 0 saturated carbocycles. The minimum absolute atomic E-state index is 0.348. The molecule has 2 aromatic rings. The Bertz CT molecular complexity index is 624. The number of hydrogen-bond donors (Lipinski definition) is 1. The highest BCUT2D eigenvalue weighted by Crippen LogP contribution is 2.21. The fraction of sp³-hybridized carbons (Fsp3) is 0.231. The number of hydrogen-bond acceptors (Lipinski definition) is 3. The molecule has 0 saturated heterocycles. The van der Waals surface area contributed by atoms with Crippen LogP contribution in [0.1, 0.15) is 16.8 Å². The molecule has 4 nitrogen and oxygen atoms in total. The Labute approximate surface area is 122 Å². The number of nitrogens with two attached hydrogens (primary N) is 1. The third kappa shape index (κ3) is 3.05. The van der Waals surface area contributed by atoms with Crippen LogP contribution in [-0.4, -0.2) is 14.8 Å². The number of benzene rings is 1. The molecule has 0 unspecified atom stereocenters. The highest BCUT2D eigenvalue weighted by Gasteiger charge is 2.11. The second-order valence-electron chi connectivity index (χ2n) is 4.16. The molecule has 100 valence electrons. The van der Waals surface area contributed by atoms with Gasteiger partial charge in [-0.05, 0) is 19.1 Å². The summed E-state index contributed by atoms with van der Waals surface area (Å²) < 4.78 is 7.33. The lowest BCUT2D eigenvalue weighted by molar-refractivity contribution is 0.305. The molecule has 0 fully saturated rings. The van der Waals surface area contributed by atoms with E-state index in [4.69, 9.17) is 34.3 Å². The molecule has 0 spiro atoms. The number of aromatic nitrogens is 2. The van der Waals surface area contributed by atoms with Crippen LogP contribution in [0.5, 0.6) is 5.75 Å². The van der Waals surface area contributed by atoms with E-state index in [-0.39, 0.29) is 0 Å². The summed E-state index contributed by atoms with van der Waals surface area (Å²) in [4.78, 5) is 0.348. The SMILES string of the molecule is Cc1nn(C)c(Cl)c1COc1cccc(C(N)=S)c1. The van der Waals surface area contributed by atoms with Crippen molar-refractivity contribution in [2.75, 3.05) is 0 Å². The van der Waals surface area contributed by atoms with Gasteiger partial charge < -0.3 is 10.5 Å². The van der Waals surface area contributed by atoms with E-state index in [2.05, 4.69) is 5.10 Å². The van der Waals surface area contributed by atoms with Crippen LogP contribution < -0.4 is 10.5 Å². The molecule has 2 N–H and O–H groups in total. The number of rotatable bonds is 4. The molecule has 0 bridgehead atoms. The molecule has 0 atom stereocenters. The highest BCUT2D eigenvalue weighted by molar-refractivity contribution is 7.80. The van der Waals surface area contributed by atoms with Crippen LogP contribution >= 0.6 is 23.8 Å². The van der Waals surface area contributed by atoms with Crippen molar-refractivity contribution < 1.29 is 4.74 Å². The van der Waals surface area contributed by atoms with Crippen LogP contribution in [0.3, 0.4) is 0 Å². The summed E-state index contributed by atoms with van der Waals surface area (Å²) in [6, 6.07) is 7.35. The van der Waals surface area contributed by atoms with Gasteiger partial charge in [-0.2, -0.15) is 5.10 Å². The topological polar surface area (TPSA) is 53.1 Å². The van der Waals surface area contributed by atoms with E-state index < -0.39 is 0 Å². The van der Waals surface area contributed by atoms with Gasteiger partial charge in [-0.1, -0.05) is 36.0 Å². The Morgan fingerprint density at radius 2 is 2.26 bits per heavy atom. The lowest BCUT2D eigenvalue weighted by atomic mass is 10.2. The molecule has 1 aromatic heterocycles. The Morgan fingerprint density at radius 3 is 2.84 bits per heavy atom. The molecule has 6 heteroatoms. The monoisotopic (exact) mass is 295 g/mol. The predicted octanol–water partition coefficient (Wildman–Crippen LogP) is 2.60. The maximum Gasteiger partial charge on any atom is 0.133 e. The maximum atomic E-state index is 6.14. The molecule has 0 aliphatic heterocycles. The van der Waals surface area contributed by atoms with Gasteiger partial charge in [0, 0.05) is 18.2 Å². The van der Waals surface area contributed by atoms with Crippen molar-refractivity contribution in [1.29, 1.82) is 0 Å². The minimum Gasteiger partial charge on any atom is -0.489 e. The Balaban J connectivity index is 2.14. The fourth-order valence-corrected chi connectivity index (χ4v) is 2.09. The van der Waals surface area contributed by atoms with Crippen LogP contribution in [0.2, 0.25) is 5.15 Å². The smallest absolute Gasteiger partial charge is 0.133 e. The van der Waals surface area contributed by atoms with E-state index in [1.807, 2.05) is 31.2 Å². The van der Waals surface area contributed by atoms with Crippen molar-refractivity contribution in [3.8, 4) is 5.75 Å². The number of ether oxygens (including phenoxy) is 1. The Hall–Kier alpha value is -1.59. The average Bonchev–Trinajstić information content (AvgIpc) is 2.61. The van der Waals surface area contributed by atoms with Crippen molar-refractivity contribution in [3.63, 3.8) is 0 Å². The zero-order chi connectivity index (χ0) is 14.0. The van der Waals surface area contributed by atoms with Gasteiger partial charge in [-0.3, -0.25) is 4.68 Å². The van der Waals surface area contributed by atoms with E-state index in [1.54, 1.807) is 11.7 Å². The second-order valence-corrected chi connectivity index (χ2v) is 4.96. The van der Waals surface area contributed by atoms with E-state index >= 15 is 0 Å². The number of aryl methyl sites for hydroxylation is 2. The molecule has 0 amide bonds. The van der Waals surface area contributed by atoms with Crippen LogP contribution in [0, 0.1) is 6.92 Å². The first kappa shape index (κ1) is 13.8. The van der Waals surface area contributed by atoms with Crippen molar-refractivity contribution in [2.24, 2.45) is 12.8 Å². The highest BCUT2D eigenvalue weighted by atomic mass is 35.5. The first-order valence-electron chi connectivity index (χ1n) is 5.69. The van der Waals surface area contributed by atoms with Gasteiger partial charge in [0.2, 0.25) is 0 Å². The summed E-state index contributed by atoms with van der Waals surface area (Å²) in [5.41, 5.74) is 8.10.